The van der Waals surface area contributed by atoms with E-state index in [1.165, 1.54) is 0 Å². The highest BCUT2D eigenvalue weighted by Gasteiger charge is 2.17. The first-order valence-electron chi connectivity index (χ1n) is 9.75. The van der Waals surface area contributed by atoms with Crippen molar-refractivity contribution in [1.29, 1.82) is 5.26 Å². The van der Waals surface area contributed by atoms with Crippen molar-refractivity contribution in [3.8, 4) is 11.8 Å². The quantitative estimate of drug-likeness (QED) is 0.418. The van der Waals surface area contributed by atoms with Gasteiger partial charge < -0.3 is 9.88 Å². The van der Waals surface area contributed by atoms with E-state index in [9.17, 15) is 10.1 Å². The van der Waals surface area contributed by atoms with E-state index in [2.05, 4.69) is 9.88 Å². The number of aromatic nitrogens is 1. The highest BCUT2D eigenvalue weighted by atomic mass is 35.5. The molecule has 1 aromatic heterocycles. The van der Waals surface area contributed by atoms with Gasteiger partial charge in [0.2, 0.25) is 0 Å². The zero-order chi connectivity index (χ0) is 21.8. The molecule has 1 atom stereocenters. The Morgan fingerprint density at radius 2 is 1.83 bits per heavy atom. The minimum atomic E-state index is -0.391. The number of hydrogen-bond donors (Lipinski definition) is 1. The van der Waals surface area contributed by atoms with Gasteiger partial charge in [0.15, 0.2) is 0 Å². The Labute approximate surface area is 182 Å². The third-order valence-corrected chi connectivity index (χ3v) is 5.43. The molecule has 30 heavy (non-hydrogen) atoms. The number of rotatable bonds is 5. The van der Waals surface area contributed by atoms with Gasteiger partial charge in [0.05, 0.1) is 6.04 Å². The van der Waals surface area contributed by atoms with Crippen LogP contribution in [0.15, 0.2) is 60.2 Å². The van der Waals surface area contributed by atoms with Crippen LogP contribution >= 0.6 is 11.6 Å². The number of nitriles is 1. The fraction of sp³-hybridized carbons (Fsp3) is 0.200. The molecule has 0 bridgehead atoms. The number of carbonyl (C=O) groups excluding carboxylic acids is 1. The molecule has 0 aliphatic rings. The van der Waals surface area contributed by atoms with Gasteiger partial charge in [-0.05, 0) is 68.7 Å². The molecule has 0 spiro atoms. The summed E-state index contributed by atoms with van der Waals surface area (Å²) in [6.45, 7) is 7.89. The van der Waals surface area contributed by atoms with Gasteiger partial charge in [-0.1, -0.05) is 48.0 Å². The summed E-state index contributed by atoms with van der Waals surface area (Å²) < 4.78 is 2.09. The van der Waals surface area contributed by atoms with Gasteiger partial charge in [-0.15, -0.1) is 0 Å². The third-order valence-electron chi connectivity index (χ3n) is 5.19. The maximum atomic E-state index is 12.7. The summed E-state index contributed by atoms with van der Waals surface area (Å²) in [5.41, 5.74) is 5.89. The Balaban J connectivity index is 1.92. The zero-order valence-corrected chi connectivity index (χ0v) is 18.3. The lowest BCUT2D eigenvalue weighted by Crippen LogP contribution is -2.27. The molecule has 3 rings (SSSR count). The normalized spacial score (nSPS) is 12.3. The van der Waals surface area contributed by atoms with Crippen molar-refractivity contribution in [3.63, 3.8) is 0 Å². The van der Waals surface area contributed by atoms with Gasteiger partial charge in [0.1, 0.15) is 11.6 Å². The molecule has 4 nitrogen and oxygen atoms in total. The average molecular weight is 418 g/mol. The predicted octanol–water partition coefficient (Wildman–Crippen LogP) is 5.84. The van der Waals surface area contributed by atoms with Crippen LogP contribution in [0.3, 0.4) is 0 Å². The minimum Gasteiger partial charge on any atom is -0.345 e. The number of nitrogens with zero attached hydrogens (tertiary/aromatic N) is 2. The van der Waals surface area contributed by atoms with Crippen LogP contribution in [0.1, 0.15) is 41.0 Å². The summed E-state index contributed by atoms with van der Waals surface area (Å²) in [5.74, 6) is -0.391. The highest BCUT2D eigenvalue weighted by Crippen LogP contribution is 2.27. The Morgan fingerprint density at radius 3 is 2.50 bits per heavy atom. The molecule has 152 valence electrons. The van der Waals surface area contributed by atoms with Crippen LogP contribution in [-0.4, -0.2) is 10.5 Å². The van der Waals surface area contributed by atoms with Gasteiger partial charge in [-0.2, -0.15) is 5.26 Å². The number of amides is 1. The summed E-state index contributed by atoms with van der Waals surface area (Å²) in [5, 5.41) is 13.2. The molecule has 0 saturated heterocycles. The molecule has 0 aliphatic carbocycles. The van der Waals surface area contributed by atoms with Crippen LogP contribution in [-0.2, 0) is 4.79 Å². The smallest absolute Gasteiger partial charge is 0.262 e. The van der Waals surface area contributed by atoms with Gasteiger partial charge in [-0.25, -0.2) is 0 Å². The number of benzene rings is 2. The van der Waals surface area contributed by atoms with E-state index in [-0.39, 0.29) is 11.6 Å². The standard InChI is InChI=1S/C25H24ClN3O/c1-16-10-11-23(26)14-24(16)29-17(2)12-21(19(29)4)13-22(15-27)25(30)28-18(3)20-8-6-5-7-9-20/h5-14,18H,1-4H3,(H,28,30)/b22-13-/t18-/m0/s1. The molecule has 0 unspecified atom stereocenters. The lowest BCUT2D eigenvalue weighted by Gasteiger charge is -2.14. The average Bonchev–Trinajstić information content (AvgIpc) is 3.01. The maximum absolute atomic E-state index is 12.7. The molecule has 0 fully saturated rings. The maximum Gasteiger partial charge on any atom is 0.262 e. The van der Waals surface area contributed by atoms with Crippen molar-refractivity contribution in [2.45, 2.75) is 33.7 Å². The second-order valence-corrected chi connectivity index (χ2v) is 7.80. The van der Waals surface area contributed by atoms with E-state index in [0.29, 0.717) is 5.02 Å². The Bertz CT molecular complexity index is 1150. The second kappa shape index (κ2) is 9.02. The number of hydrogen-bond acceptors (Lipinski definition) is 2. The van der Waals surface area contributed by atoms with Gasteiger partial charge in [0, 0.05) is 22.1 Å². The number of nitrogens with one attached hydrogen (secondary N) is 1. The Kier molecular flexibility index (Phi) is 6.44. The molecule has 1 N–H and O–H groups in total. The van der Waals surface area contributed by atoms with Crippen LogP contribution in [0.2, 0.25) is 5.02 Å². The fourth-order valence-electron chi connectivity index (χ4n) is 3.53. The second-order valence-electron chi connectivity index (χ2n) is 7.37. The molecule has 0 aliphatic heterocycles. The molecule has 0 saturated carbocycles. The Hall–Kier alpha value is -3.29. The topological polar surface area (TPSA) is 57.8 Å². The SMILES string of the molecule is Cc1ccc(Cl)cc1-n1c(C)cc(/C=C(/C#N)C(=O)N[C@@H](C)c2ccccc2)c1C. The van der Waals surface area contributed by atoms with Crippen LogP contribution in [0.5, 0.6) is 0 Å². The zero-order valence-electron chi connectivity index (χ0n) is 17.5. The van der Waals surface area contributed by atoms with Gasteiger partial charge in [-0.3, -0.25) is 4.79 Å². The van der Waals surface area contributed by atoms with Crippen molar-refractivity contribution in [2.75, 3.05) is 0 Å². The van der Waals surface area contributed by atoms with Crippen LogP contribution in [0.25, 0.3) is 11.8 Å². The first-order valence-corrected chi connectivity index (χ1v) is 10.1. The molecule has 3 aromatic rings. The summed E-state index contributed by atoms with van der Waals surface area (Å²) in [7, 11) is 0. The molecule has 1 amide bonds. The number of aryl methyl sites for hydroxylation is 2. The van der Waals surface area contributed by atoms with Gasteiger partial charge >= 0.3 is 0 Å². The van der Waals surface area contributed by atoms with Crippen molar-refractivity contribution in [2.24, 2.45) is 0 Å². The van der Waals surface area contributed by atoms with E-state index in [0.717, 1.165) is 33.8 Å². The first-order chi connectivity index (χ1) is 14.3. The van der Waals surface area contributed by atoms with E-state index in [1.54, 1.807) is 6.08 Å². The van der Waals surface area contributed by atoms with E-state index >= 15 is 0 Å². The monoisotopic (exact) mass is 417 g/mol. The van der Waals surface area contributed by atoms with Crippen molar-refractivity contribution < 1.29 is 4.79 Å². The predicted molar refractivity (Wildman–Crippen MR) is 122 cm³/mol. The fourth-order valence-corrected chi connectivity index (χ4v) is 3.70. The first kappa shape index (κ1) is 21.4. The van der Waals surface area contributed by atoms with Crippen LogP contribution < -0.4 is 5.32 Å². The minimum absolute atomic E-state index is 0.0702. The third kappa shape index (κ3) is 4.48. The van der Waals surface area contributed by atoms with Crippen LogP contribution in [0, 0.1) is 32.1 Å². The number of carbonyl (C=O) groups is 1. The molecule has 1 heterocycles. The molecule has 0 radical (unpaired) electrons. The summed E-state index contributed by atoms with van der Waals surface area (Å²) in [6, 6.07) is 19.2. The largest absolute Gasteiger partial charge is 0.345 e. The van der Waals surface area contributed by atoms with E-state index in [1.807, 2.05) is 88.4 Å². The van der Waals surface area contributed by atoms with Crippen molar-refractivity contribution in [3.05, 3.63) is 93.3 Å². The summed E-state index contributed by atoms with van der Waals surface area (Å²) in [6.07, 6.45) is 1.64. The van der Waals surface area contributed by atoms with Gasteiger partial charge in [0.25, 0.3) is 5.91 Å². The van der Waals surface area contributed by atoms with Crippen molar-refractivity contribution in [1.82, 2.24) is 9.88 Å². The van der Waals surface area contributed by atoms with E-state index in [4.69, 9.17) is 11.6 Å². The Morgan fingerprint density at radius 1 is 1.13 bits per heavy atom. The highest BCUT2D eigenvalue weighted by molar-refractivity contribution is 6.30. The van der Waals surface area contributed by atoms with Crippen LogP contribution in [0.4, 0.5) is 0 Å². The molecule has 2 aromatic carbocycles. The molecular formula is C25H24ClN3O. The molecule has 5 heteroatoms. The lowest BCUT2D eigenvalue weighted by atomic mass is 10.1. The summed E-state index contributed by atoms with van der Waals surface area (Å²) >= 11 is 6.20. The van der Waals surface area contributed by atoms with E-state index < -0.39 is 5.91 Å². The van der Waals surface area contributed by atoms with Crippen molar-refractivity contribution >= 4 is 23.6 Å². The number of halogens is 1. The molecular weight excluding hydrogens is 394 g/mol. The summed E-state index contributed by atoms with van der Waals surface area (Å²) in [4.78, 5) is 12.7. The lowest BCUT2D eigenvalue weighted by molar-refractivity contribution is -0.117.